The Balaban J connectivity index is 1.13. The molecule has 5 aromatic carbocycles. The molecule has 6 aromatic rings. The summed E-state index contributed by atoms with van der Waals surface area (Å²) in [5.74, 6) is 0.855. The normalized spacial score (nSPS) is 12.7. The maximum Gasteiger partial charge on any atom is 0.311 e. The van der Waals surface area contributed by atoms with Crippen LogP contribution in [0.3, 0.4) is 0 Å². The predicted octanol–water partition coefficient (Wildman–Crippen LogP) is 7.16. The van der Waals surface area contributed by atoms with E-state index in [1.807, 2.05) is 60.7 Å². The van der Waals surface area contributed by atoms with Crippen LogP contribution in [0.25, 0.3) is 21.8 Å². The zero-order valence-corrected chi connectivity index (χ0v) is 24.4. The van der Waals surface area contributed by atoms with Gasteiger partial charge in [-0.15, -0.1) is 0 Å². The third-order valence-electron chi connectivity index (χ3n) is 7.72. The van der Waals surface area contributed by atoms with Crippen molar-refractivity contribution in [3.05, 3.63) is 148 Å². The lowest BCUT2D eigenvalue weighted by molar-refractivity contribution is -0.386. The van der Waals surface area contributed by atoms with Crippen LogP contribution in [-0.4, -0.2) is 27.7 Å². The number of fused-ring (bicyclic) bond motifs is 3. The Bertz CT molecular complexity index is 1900. The standard InChI is InChI=1S/C36H33N3O5/c1-36(40,28-16-19-35(34(22-28)39(41)42)44-25-27-12-6-3-7-13-27)37-20-21-43-29-17-18-31-30-14-8-9-15-32(30)38(33(31)23-29)24-26-10-4-2-5-11-26/h2-19,22-23,37,40H,20-21,24-25H2,1H3/t36-/m1/s1. The van der Waals surface area contributed by atoms with E-state index in [-0.39, 0.29) is 24.7 Å². The van der Waals surface area contributed by atoms with Gasteiger partial charge >= 0.3 is 5.69 Å². The molecule has 0 bridgehead atoms. The monoisotopic (exact) mass is 587 g/mol. The Hall–Kier alpha value is -5.18. The summed E-state index contributed by atoms with van der Waals surface area (Å²) < 4.78 is 14.1. The van der Waals surface area contributed by atoms with E-state index in [2.05, 4.69) is 52.3 Å². The van der Waals surface area contributed by atoms with E-state index >= 15 is 0 Å². The minimum atomic E-state index is -1.53. The Morgan fingerprint density at radius 3 is 2.23 bits per heavy atom. The molecule has 0 spiro atoms. The van der Waals surface area contributed by atoms with Gasteiger partial charge in [0, 0.05) is 47.1 Å². The molecule has 0 aliphatic carbocycles. The highest BCUT2D eigenvalue weighted by Crippen LogP contribution is 2.33. The fourth-order valence-corrected chi connectivity index (χ4v) is 5.44. The Labute approximate surface area is 255 Å². The van der Waals surface area contributed by atoms with Gasteiger partial charge in [0.15, 0.2) is 5.75 Å². The number of hydrogen-bond donors (Lipinski definition) is 2. The van der Waals surface area contributed by atoms with E-state index in [4.69, 9.17) is 9.47 Å². The maximum absolute atomic E-state index is 11.8. The van der Waals surface area contributed by atoms with Crippen molar-refractivity contribution in [2.45, 2.75) is 25.8 Å². The number of hydrogen-bond acceptors (Lipinski definition) is 6. The average Bonchev–Trinajstić information content (AvgIpc) is 3.35. The summed E-state index contributed by atoms with van der Waals surface area (Å²) in [5.41, 5.74) is 2.96. The quantitative estimate of drug-likeness (QED) is 0.0682. The molecule has 0 saturated carbocycles. The summed E-state index contributed by atoms with van der Waals surface area (Å²) in [4.78, 5) is 11.3. The van der Waals surface area contributed by atoms with Crippen LogP contribution in [0.5, 0.6) is 11.5 Å². The molecule has 8 heteroatoms. The number of nitrogens with one attached hydrogen (secondary N) is 1. The SMILES string of the molecule is C[C@](O)(NCCOc1ccc2c3ccccc3n(Cc3ccccc3)c2c1)c1ccc(OCc2ccccc2)c([N+](=O)[O-])c1. The molecular weight excluding hydrogens is 554 g/mol. The number of nitro benzene ring substituents is 1. The largest absolute Gasteiger partial charge is 0.492 e. The van der Waals surface area contributed by atoms with Gasteiger partial charge in [0.05, 0.1) is 10.4 Å². The van der Waals surface area contributed by atoms with Crippen molar-refractivity contribution in [3.8, 4) is 11.5 Å². The number of nitrogens with zero attached hydrogens (tertiary/aromatic N) is 2. The van der Waals surface area contributed by atoms with Crippen molar-refractivity contribution in [3.63, 3.8) is 0 Å². The first-order valence-corrected chi connectivity index (χ1v) is 14.5. The van der Waals surface area contributed by atoms with E-state index in [0.717, 1.165) is 28.5 Å². The van der Waals surface area contributed by atoms with E-state index in [1.54, 1.807) is 13.0 Å². The van der Waals surface area contributed by atoms with Crippen molar-refractivity contribution in [1.29, 1.82) is 0 Å². The molecule has 0 unspecified atom stereocenters. The van der Waals surface area contributed by atoms with E-state index in [1.165, 1.54) is 23.1 Å². The van der Waals surface area contributed by atoms with Crippen LogP contribution in [0.4, 0.5) is 5.69 Å². The molecule has 6 rings (SSSR count). The number of nitro groups is 1. The number of aromatic nitrogens is 1. The van der Waals surface area contributed by atoms with Crippen LogP contribution in [0, 0.1) is 10.1 Å². The molecule has 222 valence electrons. The Morgan fingerprint density at radius 2 is 1.48 bits per heavy atom. The zero-order valence-electron chi connectivity index (χ0n) is 24.4. The summed E-state index contributed by atoms with van der Waals surface area (Å²) in [6.07, 6.45) is 0. The molecule has 1 atom stereocenters. The third kappa shape index (κ3) is 6.27. The molecular formula is C36H33N3O5. The first-order valence-electron chi connectivity index (χ1n) is 14.5. The summed E-state index contributed by atoms with van der Waals surface area (Å²) in [6, 6.07) is 38.7. The smallest absolute Gasteiger partial charge is 0.311 e. The number of benzene rings is 5. The summed E-state index contributed by atoms with van der Waals surface area (Å²) in [6.45, 7) is 3.08. The molecule has 0 saturated heterocycles. The molecule has 0 radical (unpaired) electrons. The highest BCUT2D eigenvalue weighted by atomic mass is 16.6. The van der Waals surface area contributed by atoms with Crippen LogP contribution in [0.1, 0.15) is 23.6 Å². The predicted molar refractivity (Wildman–Crippen MR) is 172 cm³/mol. The van der Waals surface area contributed by atoms with Crippen molar-refractivity contribution in [1.82, 2.24) is 9.88 Å². The molecule has 0 amide bonds. The first kappa shape index (κ1) is 28.9. The highest BCUT2D eigenvalue weighted by Gasteiger charge is 2.27. The summed E-state index contributed by atoms with van der Waals surface area (Å²) in [5, 5.41) is 28.4. The van der Waals surface area contributed by atoms with E-state index in [9.17, 15) is 15.2 Å². The van der Waals surface area contributed by atoms with Crippen LogP contribution < -0.4 is 14.8 Å². The van der Waals surface area contributed by atoms with Gasteiger partial charge in [-0.3, -0.25) is 15.4 Å². The second kappa shape index (κ2) is 12.6. The molecule has 8 nitrogen and oxygen atoms in total. The van der Waals surface area contributed by atoms with Gasteiger partial charge in [0.2, 0.25) is 0 Å². The zero-order chi connectivity index (χ0) is 30.5. The molecule has 1 aromatic heterocycles. The fourth-order valence-electron chi connectivity index (χ4n) is 5.44. The maximum atomic E-state index is 11.8. The minimum absolute atomic E-state index is 0.141. The van der Waals surface area contributed by atoms with Crippen LogP contribution in [0.2, 0.25) is 0 Å². The molecule has 44 heavy (non-hydrogen) atoms. The second-order valence-electron chi connectivity index (χ2n) is 10.8. The van der Waals surface area contributed by atoms with Crippen molar-refractivity contribution in [2.24, 2.45) is 0 Å². The first-order chi connectivity index (χ1) is 21.4. The minimum Gasteiger partial charge on any atom is -0.492 e. The average molecular weight is 588 g/mol. The molecule has 0 aliphatic heterocycles. The van der Waals surface area contributed by atoms with Gasteiger partial charge in [-0.25, -0.2) is 0 Å². The van der Waals surface area contributed by atoms with Gasteiger partial charge < -0.3 is 19.1 Å². The van der Waals surface area contributed by atoms with Gasteiger partial charge in [-0.1, -0.05) is 84.9 Å². The van der Waals surface area contributed by atoms with Crippen molar-refractivity contribution >= 4 is 27.5 Å². The summed E-state index contributed by atoms with van der Waals surface area (Å²) >= 11 is 0. The summed E-state index contributed by atoms with van der Waals surface area (Å²) in [7, 11) is 0. The topological polar surface area (TPSA) is 98.8 Å². The third-order valence-corrected chi connectivity index (χ3v) is 7.72. The van der Waals surface area contributed by atoms with Gasteiger partial charge in [-0.05, 0) is 42.3 Å². The van der Waals surface area contributed by atoms with Crippen molar-refractivity contribution < 1.29 is 19.5 Å². The van der Waals surface area contributed by atoms with Gasteiger partial charge in [-0.2, -0.15) is 0 Å². The fraction of sp³-hybridized carbons (Fsp3) is 0.167. The van der Waals surface area contributed by atoms with Crippen LogP contribution in [-0.2, 0) is 18.9 Å². The molecule has 1 heterocycles. The lowest BCUT2D eigenvalue weighted by Crippen LogP contribution is -2.41. The second-order valence-corrected chi connectivity index (χ2v) is 10.8. The lowest BCUT2D eigenvalue weighted by Gasteiger charge is -2.25. The lowest BCUT2D eigenvalue weighted by atomic mass is 10.0. The Morgan fingerprint density at radius 1 is 0.795 bits per heavy atom. The molecule has 0 fully saturated rings. The van der Waals surface area contributed by atoms with E-state index in [0.29, 0.717) is 17.9 Å². The number of aliphatic hydroxyl groups is 1. The van der Waals surface area contributed by atoms with Crippen LogP contribution in [0.15, 0.2) is 121 Å². The molecule has 0 aliphatic rings. The molecule has 2 N–H and O–H groups in total. The van der Waals surface area contributed by atoms with Gasteiger partial charge in [0.25, 0.3) is 0 Å². The van der Waals surface area contributed by atoms with Crippen LogP contribution >= 0.6 is 0 Å². The number of ether oxygens (including phenoxy) is 2. The number of para-hydroxylation sites is 1. The van der Waals surface area contributed by atoms with Gasteiger partial charge in [0.1, 0.15) is 24.7 Å². The number of rotatable bonds is 12. The highest BCUT2D eigenvalue weighted by molar-refractivity contribution is 6.08. The van der Waals surface area contributed by atoms with E-state index < -0.39 is 10.6 Å². The Kier molecular flexibility index (Phi) is 8.27. The van der Waals surface area contributed by atoms with Crippen molar-refractivity contribution in [2.75, 3.05) is 13.2 Å².